The van der Waals surface area contributed by atoms with Crippen molar-refractivity contribution in [2.75, 3.05) is 0 Å². The minimum absolute atomic E-state index is 0. The Balaban J connectivity index is -0.0000000129. The van der Waals surface area contributed by atoms with Crippen molar-refractivity contribution in [2.24, 2.45) is 0 Å². The molecule has 0 unspecified atom stereocenters. The van der Waals surface area contributed by atoms with Crippen molar-refractivity contribution < 1.29 is 932 Å². The monoisotopic (exact) mass is 3090 g/mol. The van der Waals surface area contributed by atoms with Gasteiger partial charge in [-0.1, -0.05) is 0 Å². The van der Waals surface area contributed by atoms with Gasteiger partial charge in [-0.3, -0.25) is 194 Å². The van der Waals surface area contributed by atoms with Crippen molar-refractivity contribution in [3.8, 4) is 0 Å². The molecule has 0 rings (SSSR count). The predicted molar refractivity (Wildman–Crippen MR) is 281 cm³/mol. The van der Waals surface area contributed by atoms with Gasteiger partial charge >= 0.3 is 752 Å². The fourth-order valence-corrected chi connectivity index (χ4v) is 0. The summed E-state index contributed by atoms with van der Waals surface area (Å²) in [5, 5.41) is 0. The summed E-state index contributed by atoms with van der Waals surface area (Å²) in [7, 11) is -119. The van der Waals surface area contributed by atoms with E-state index in [9.17, 15) is 0 Å². The zero-order valence-corrected chi connectivity index (χ0v) is 136. The van der Waals surface area contributed by atoms with E-state index in [1.54, 1.807) is 0 Å². The van der Waals surface area contributed by atoms with Gasteiger partial charge in [-0.2, -0.15) is 0 Å². The summed E-state index contributed by atoms with van der Waals surface area (Å²) in [5.74, 6) is 0. The molecule has 0 heterocycles. The first-order valence-corrected chi connectivity index (χ1v) is 46.0. The molecule has 0 fully saturated rings. The van der Waals surface area contributed by atoms with Crippen LogP contribution >= 0.6 is 0 Å². The molecule has 0 atom stereocenters. The van der Waals surface area contributed by atoms with Gasteiger partial charge in [-0.25, -0.2) is 0 Å². The maximum Gasteiger partial charge on any atom is 3.00 e. The summed E-state index contributed by atoms with van der Waals surface area (Å²) in [6.45, 7) is 0. The molecule has 0 aliphatic rings. The van der Waals surface area contributed by atoms with Crippen LogP contribution in [-0.2, 0) is 325 Å². The second-order valence-corrected chi connectivity index (χ2v) is 28.2. The van der Waals surface area contributed by atoms with E-state index in [1.165, 1.54) is 0 Å². The van der Waals surface area contributed by atoms with Crippen LogP contribution in [0.2, 0.25) is 0 Å². The molecule has 92 nitrogen and oxygen atoms in total. The van der Waals surface area contributed by atoms with E-state index in [0.29, 0.717) is 0 Å². The molecule has 142 heteroatoms. The summed E-state index contributed by atoms with van der Waals surface area (Å²) in [6.07, 6.45) is 0. The third-order valence-electron chi connectivity index (χ3n) is 0. The largest absolute Gasteiger partial charge is 3.00 e. The molecular weight excluding hydrogens is 3090 g/mol. The first-order valence-electron chi connectivity index (χ1n) is 15.3. The fraction of sp³-hybridized carbons (Fsp3) is 0. The van der Waals surface area contributed by atoms with Crippen LogP contribution in [0.25, 0.3) is 0 Å². The molecule has 0 aliphatic heterocycles. The van der Waals surface area contributed by atoms with E-state index in [1.807, 2.05) is 0 Å². The van der Waals surface area contributed by atoms with Gasteiger partial charge in [0.05, 0.1) is 0 Å². The van der Waals surface area contributed by atoms with Crippen LogP contribution in [0.5, 0.6) is 0 Å². The maximum atomic E-state index is 8.52. The van der Waals surface area contributed by atoms with E-state index in [4.69, 9.17) is 403 Å². The molecule has 0 N–H and O–H groups in total. The van der Waals surface area contributed by atoms with Crippen molar-refractivity contribution in [3.05, 3.63) is 0 Å². The molecule has 0 aromatic carbocycles. The van der Waals surface area contributed by atoms with Gasteiger partial charge in [0.1, 0.15) is 0 Å². The molecule has 0 aromatic heterocycles. The van der Waals surface area contributed by atoms with Gasteiger partial charge in [0, 0.05) is 239 Å². The van der Waals surface area contributed by atoms with Crippen LogP contribution in [0.3, 0.4) is 0 Å². The van der Waals surface area contributed by atoms with E-state index in [-0.39, 0.29) is 752 Å². The maximum absolute atomic E-state index is 8.52. The molecule has 142 heavy (non-hydrogen) atoms. The summed E-state index contributed by atoms with van der Waals surface area (Å²) < 4.78 is 784. The number of hydrogen-bond donors (Lipinski definition) is 0. The summed E-state index contributed by atoms with van der Waals surface area (Å²) in [6, 6.07) is 0. The predicted octanol–water partition coefficient (Wildman–Crippen LogP) is -78.4. The van der Waals surface area contributed by atoms with E-state index in [2.05, 4.69) is 0 Å². The van der Waals surface area contributed by atoms with E-state index in [0.717, 1.165) is 0 Å². The van der Waals surface area contributed by atoms with Gasteiger partial charge in [0.2, 0.25) is 0 Å². The third-order valence-corrected chi connectivity index (χ3v) is 0. The minimum Gasteiger partial charge on any atom is -0.759 e. The molecule has 0 saturated heterocycles. The Morgan fingerprint density at radius 3 is 0.0704 bits per heavy atom. The van der Waals surface area contributed by atoms with Gasteiger partial charge in [-0.15, -0.1) is 0 Å². The van der Waals surface area contributed by atoms with Crippen LogP contribution in [0.15, 0.2) is 0 Å². The molecule has 0 bridgehead atoms. The normalized spacial score (nSPS) is 9.39. The van der Waals surface area contributed by atoms with Crippen LogP contribution in [0.1, 0.15) is 0 Å². The summed E-state index contributed by atoms with van der Waals surface area (Å²) >= 11 is 0. The molecule has 0 aliphatic carbocycles. The third kappa shape index (κ3) is 8690. The Bertz CT molecular complexity index is 3700. The van der Waals surface area contributed by atoms with Gasteiger partial charge in [0.25, 0.3) is 0 Å². The average molecular weight is 3090 g/mol. The van der Waals surface area contributed by atoms with Crippen molar-refractivity contribution in [1.82, 2.24) is 0 Å². The van der Waals surface area contributed by atoms with E-state index < -0.39 is 239 Å². The Hall–Kier alpha value is 22.0. The summed E-state index contributed by atoms with van der Waals surface area (Å²) in [4.78, 5) is 0. The first kappa shape index (κ1) is 335. The average Bonchev–Trinajstić information content (AvgIpc) is 2.97. The topological polar surface area (TPSA) is 1850 Å². The Morgan fingerprint density at radius 1 is 0.0704 bits per heavy atom. The zero-order chi connectivity index (χ0) is 104. The van der Waals surface area contributed by atoms with Crippen molar-refractivity contribution in [1.29, 1.82) is 0 Å². The first-order chi connectivity index (χ1) is 46.0. The van der Waals surface area contributed by atoms with Crippen molar-refractivity contribution >= 4 is 463 Å². The molecule has 0 saturated carbocycles. The van der Waals surface area contributed by atoms with Gasteiger partial charge in [0.15, 0.2) is 0 Å². The summed E-state index contributed by atoms with van der Waals surface area (Å²) in [5.41, 5.74) is 0. The fourth-order valence-electron chi connectivity index (χ4n) is 0. The van der Waals surface area contributed by atoms with Gasteiger partial charge in [-0.05, 0) is 0 Å². The number of rotatable bonds is 0. The van der Waals surface area contributed by atoms with Crippen LogP contribution in [-0.4, -0.2) is 626 Å². The Kier molecular flexibility index (Phi) is 394. The Labute approximate surface area is 1360 Å². The molecule has 761 valence electrons. The Morgan fingerprint density at radius 2 is 0.0704 bits per heavy atom. The SMILES string of the molecule is O=S(=O)([O-])[O-].O=S(=O)([O-])[O-].O=S(=O)([O-])[O-].O=S(=O)([O-])[O-].O=S(=O)([O-])[O-].O=S(=O)([O-])[O-].O=S(=O)([O-])[O-].O=S(=O)([O-])[O-].O=S(=O)([O-])[O-].O=S(=O)([O-])[O-].O=S(=O)([O-])[O-].O=S(=O)([O-])[O-].O=S(=O)([O-])[O-].O=S(=O)([O-])[O-].O=S(=O)([O-])[O-].O=S(=O)([O-])[O-].O=S(=O)([O-])[O-].O=S(=O)([O-])[O-].O=S(=O)([O-])[O-].O=S(=O)([O-])[O-].O=S(=O)([O-])[O-].O=S(=O)([O-])[O-].O=S(=O)([O-])[O-].[Al+3].[Al+3].[Ca+2].[Ca+2].[Ca+2].[Ca+2].[Ca+2].[Fe+3].[Fe+3].[Fe+3].[Fe+3].[Fe+3].[Na+].[Na+].[Na+].[Na+].[Na+].[Na+].[Na+].[Na+].[Na+].[Na+].[Na+].[Na+].[Na+].[Na+].[Na+]. The second kappa shape index (κ2) is 167. The number of hydrogen-bond acceptors (Lipinski definition) is 92. The second-order valence-electron chi connectivity index (χ2n) is 9.39. The molecular formula is Al2Ca5Fe5Na15O92S23. The van der Waals surface area contributed by atoms with E-state index >= 15 is 0 Å². The standard InChI is InChI=1S/2Al.5Ca.5Fe.15Na.23H2O4S/c;;;;;;;;;;;;;;;;;;;;;;;;;;;23*1-5(2,3)4/h;;;;;;;;;;;;;;;;;;;;;;;;;;;23*(H2,1,2,3,4)/q2*+3;5*+2;5*+3;15*+1;;;;;;;;;;;;;;;;;;;;;;;/p-46. The van der Waals surface area contributed by atoms with Crippen LogP contribution in [0, 0.1) is 0 Å². The minimum atomic E-state index is -5.17. The molecule has 0 aromatic rings. The van der Waals surface area contributed by atoms with Gasteiger partial charge < -0.3 is 209 Å². The molecule has 0 spiro atoms. The molecule has 5 radical (unpaired) electrons. The molecule has 0 amide bonds. The smallest absolute Gasteiger partial charge is 0.759 e. The van der Waals surface area contributed by atoms with Crippen LogP contribution in [0.4, 0.5) is 0 Å². The quantitative estimate of drug-likeness (QED) is 0.123. The van der Waals surface area contributed by atoms with Crippen molar-refractivity contribution in [2.45, 2.75) is 0 Å². The zero-order valence-electron chi connectivity index (χ0n) is 68.4. The van der Waals surface area contributed by atoms with Crippen LogP contribution < -0.4 is 443 Å². The van der Waals surface area contributed by atoms with Crippen molar-refractivity contribution in [3.63, 3.8) is 0 Å².